The van der Waals surface area contributed by atoms with E-state index in [0.717, 1.165) is 24.6 Å². The molecule has 0 aromatic carbocycles. The van der Waals surface area contributed by atoms with Gasteiger partial charge in [-0.15, -0.1) is 24.0 Å². The second-order valence-electron chi connectivity index (χ2n) is 3.65. The van der Waals surface area contributed by atoms with Crippen LogP contribution in [0.2, 0.25) is 0 Å². The first-order valence-electron chi connectivity index (χ1n) is 5.28. The van der Waals surface area contributed by atoms with Gasteiger partial charge < -0.3 is 15.0 Å². The van der Waals surface area contributed by atoms with Crippen molar-refractivity contribution in [3.63, 3.8) is 0 Å². The van der Waals surface area contributed by atoms with Gasteiger partial charge in [-0.3, -0.25) is 4.99 Å². The van der Waals surface area contributed by atoms with E-state index in [-0.39, 0.29) is 24.0 Å². The SMILES string of the molecule is COc1ncccc1CNC1=NCCN1C.I. The van der Waals surface area contributed by atoms with E-state index in [9.17, 15) is 0 Å². The predicted octanol–water partition coefficient (Wildman–Crippen LogP) is 1.10. The minimum Gasteiger partial charge on any atom is -0.481 e. The number of methoxy groups -OCH3 is 1. The smallest absolute Gasteiger partial charge is 0.218 e. The number of hydrogen-bond acceptors (Lipinski definition) is 5. The molecule has 0 atom stereocenters. The van der Waals surface area contributed by atoms with Crippen LogP contribution < -0.4 is 10.1 Å². The summed E-state index contributed by atoms with van der Waals surface area (Å²) in [6.07, 6.45) is 1.72. The summed E-state index contributed by atoms with van der Waals surface area (Å²) in [6.45, 7) is 2.52. The first kappa shape index (κ1) is 14.0. The summed E-state index contributed by atoms with van der Waals surface area (Å²) < 4.78 is 5.18. The molecule has 1 aromatic heterocycles. The van der Waals surface area contributed by atoms with Crippen LogP contribution in [0.1, 0.15) is 5.56 Å². The summed E-state index contributed by atoms with van der Waals surface area (Å²) in [5.74, 6) is 1.60. The van der Waals surface area contributed by atoms with Crippen LogP contribution in [0.25, 0.3) is 0 Å². The standard InChI is InChI=1S/C11H16N4O.HI/c1-15-7-6-13-11(15)14-8-9-4-3-5-12-10(9)16-2;/h3-5H,6-8H2,1-2H3,(H,13,14);1H. The van der Waals surface area contributed by atoms with E-state index in [0.29, 0.717) is 12.4 Å². The molecule has 0 fully saturated rings. The van der Waals surface area contributed by atoms with Crippen molar-refractivity contribution in [2.24, 2.45) is 4.99 Å². The highest BCUT2D eigenvalue weighted by atomic mass is 127. The average Bonchev–Trinajstić information content (AvgIpc) is 2.72. The van der Waals surface area contributed by atoms with Crippen LogP contribution in [-0.2, 0) is 6.54 Å². The van der Waals surface area contributed by atoms with Crippen molar-refractivity contribution < 1.29 is 4.74 Å². The van der Waals surface area contributed by atoms with Crippen LogP contribution in [0.15, 0.2) is 23.3 Å². The molecule has 2 rings (SSSR count). The molecule has 17 heavy (non-hydrogen) atoms. The number of aromatic nitrogens is 1. The Morgan fingerprint density at radius 2 is 2.35 bits per heavy atom. The Kier molecular flexibility index (Phi) is 5.46. The quantitative estimate of drug-likeness (QED) is 0.832. The van der Waals surface area contributed by atoms with E-state index >= 15 is 0 Å². The Morgan fingerprint density at radius 3 is 3.00 bits per heavy atom. The third kappa shape index (κ3) is 3.45. The van der Waals surface area contributed by atoms with Gasteiger partial charge in [0.25, 0.3) is 0 Å². The number of halogens is 1. The minimum absolute atomic E-state index is 0. The molecule has 1 N–H and O–H groups in total. The number of nitrogens with zero attached hydrogens (tertiary/aromatic N) is 3. The van der Waals surface area contributed by atoms with Gasteiger partial charge in [0.05, 0.1) is 13.7 Å². The van der Waals surface area contributed by atoms with Gasteiger partial charge in [-0.2, -0.15) is 0 Å². The normalized spacial score (nSPS) is 14.0. The third-order valence-corrected chi connectivity index (χ3v) is 2.54. The van der Waals surface area contributed by atoms with Crippen molar-refractivity contribution in [1.29, 1.82) is 0 Å². The van der Waals surface area contributed by atoms with Crippen LogP contribution in [0.3, 0.4) is 0 Å². The Hall–Kier alpha value is -1.05. The van der Waals surface area contributed by atoms with E-state index < -0.39 is 0 Å². The molecule has 1 aliphatic heterocycles. The third-order valence-electron chi connectivity index (χ3n) is 2.54. The van der Waals surface area contributed by atoms with Crippen LogP contribution in [0.5, 0.6) is 5.88 Å². The van der Waals surface area contributed by atoms with Crippen molar-refractivity contribution in [2.75, 3.05) is 27.2 Å². The fraction of sp³-hybridized carbons (Fsp3) is 0.455. The van der Waals surface area contributed by atoms with Gasteiger partial charge in [-0.1, -0.05) is 6.07 Å². The largest absolute Gasteiger partial charge is 0.481 e. The maximum absolute atomic E-state index is 5.18. The number of hydrogen-bond donors (Lipinski definition) is 1. The highest BCUT2D eigenvalue weighted by Crippen LogP contribution is 2.13. The molecule has 0 spiro atoms. The number of ether oxygens (including phenoxy) is 1. The zero-order valence-corrected chi connectivity index (χ0v) is 12.3. The maximum Gasteiger partial charge on any atom is 0.218 e. The number of guanidine groups is 1. The molecule has 5 nitrogen and oxygen atoms in total. The first-order chi connectivity index (χ1) is 7.81. The highest BCUT2D eigenvalue weighted by Gasteiger charge is 2.12. The molecule has 2 heterocycles. The molecule has 0 saturated carbocycles. The lowest BCUT2D eigenvalue weighted by molar-refractivity contribution is 0.391. The van der Waals surface area contributed by atoms with Gasteiger partial charge in [-0.05, 0) is 6.07 Å². The van der Waals surface area contributed by atoms with Crippen LogP contribution in [0, 0.1) is 0 Å². The molecule has 0 bridgehead atoms. The summed E-state index contributed by atoms with van der Waals surface area (Å²) in [6, 6.07) is 3.90. The van der Waals surface area contributed by atoms with E-state index in [1.54, 1.807) is 13.3 Å². The fourth-order valence-electron chi connectivity index (χ4n) is 1.64. The first-order valence-corrected chi connectivity index (χ1v) is 5.28. The van der Waals surface area contributed by atoms with E-state index in [2.05, 4.69) is 20.2 Å². The number of rotatable bonds is 3. The molecule has 0 aliphatic carbocycles. The van der Waals surface area contributed by atoms with E-state index in [1.165, 1.54) is 0 Å². The zero-order chi connectivity index (χ0) is 11.4. The molecule has 0 amide bonds. The van der Waals surface area contributed by atoms with Gasteiger partial charge in [0.1, 0.15) is 0 Å². The average molecular weight is 348 g/mol. The van der Waals surface area contributed by atoms with Gasteiger partial charge in [0, 0.05) is 31.9 Å². The Labute approximate surface area is 118 Å². The monoisotopic (exact) mass is 348 g/mol. The molecular weight excluding hydrogens is 331 g/mol. The summed E-state index contributed by atoms with van der Waals surface area (Å²) in [5.41, 5.74) is 1.04. The van der Waals surface area contributed by atoms with Gasteiger partial charge in [-0.25, -0.2) is 4.98 Å². The molecule has 1 aromatic rings. The molecular formula is C11H17IN4O. The van der Waals surface area contributed by atoms with Crippen molar-refractivity contribution in [1.82, 2.24) is 15.2 Å². The number of pyridine rings is 1. The van der Waals surface area contributed by atoms with Gasteiger partial charge in [0.15, 0.2) is 5.96 Å². The number of nitrogens with one attached hydrogen (secondary N) is 1. The minimum atomic E-state index is 0. The molecule has 0 saturated heterocycles. The highest BCUT2D eigenvalue weighted by molar-refractivity contribution is 14.0. The second kappa shape index (κ2) is 6.63. The van der Waals surface area contributed by atoms with Crippen LogP contribution >= 0.6 is 24.0 Å². The van der Waals surface area contributed by atoms with Gasteiger partial charge >= 0.3 is 0 Å². The van der Waals surface area contributed by atoms with E-state index in [4.69, 9.17) is 4.74 Å². The number of aliphatic imine (C=N–C) groups is 1. The Morgan fingerprint density at radius 1 is 1.53 bits per heavy atom. The molecule has 1 aliphatic rings. The summed E-state index contributed by atoms with van der Waals surface area (Å²) in [7, 11) is 3.66. The summed E-state index contributed by atoms with van der Waals surface area (Å²) >= 11 is 0. The van der Waals surface area contributed by atoms with Crippen molar-refractivity contribution in [3.05, 3.63) is 23.9 Å². The van der Waals surface area contributed by atoms with E-state index in [1.807, 2.05) is 19.2 Å². The molecule has 0 unspecified atom stereocenters. The zero-order valence-electron chi connectivity index (χ0n) is 10.0. The lowest BCUT2D eigenvalue weighted by Crippen LogP contribution is -2.35. The Balaban J connectivity index is 0.00000144. The molecule has 6 heteroatoms. The summed E-state index contributed by atoms with van der Waals surface area (Å²) in [4.78, 5) is 10.6. The lowest BCUT2D eigenvalue weighted by Gasteiger charge is -2.15. The molecule has 0 radical (unpaired) electrons. The Bertz CT molecular complexity index is 397. The molecule has 94 valence electrons. The van der Waals surface area contributed by atoms with Crippen molar-refractivity contribution in [3.8, 4) is 5.88 Å². The second-order valence-corrected chi connectivity index (χ2v) is 3.65. The fourth-order valence-corrected chi connectivity index (χ4v) is 1.64. The van der Waals surface area contributed by atoms with Crippen LogP contribution in [-0.4, -0.2) is 43.1 Å². The van der Waals surface area contributed by atoms with Crippen LogP contribution in [0.4, 0.5) is 0 Å². The van der Waals surface area contributed by atoms with Gasteiger partial charge in [0.2, 0.25) is 5.88 Å². The topological polar surface area (TPSA) is 49.8 Å². The van der Waals surface area contributed by atoms with Crippen molar-refractivity contribution in [2.45, 2.75) is 6.54 Å². The predicted molar refractivity (Wildman–Crippen MR) is 78.0 cm³/mol. The summed E-state index contributed by atoms with van der Waals surface area (Å²) in [5, 5.41) is 3.28. The number of likely N-dealkylation sites (N-methyl/N-ethyl adjacent to an activating group) is 1. The van der Waals surface area contributed by atoms with Crippen molar-refractivity contribution >= 4 is 29.9 Å². The maximum atomic E-state index is 5.18. The lowest BCUT2D eigenvalue weighted by atomic mass is 10.3.